The Kier molecular flexibility index (Phi) is 6.62. The van der Waals surface area contributed by atoms with Gasteiger partial charge >= 0.3 is 0 Å². The highest BCUT2D eigenvalue weighted by atomic mass is 16.5. The highest BCUT2D eigenvalue weighted by Crippen LogP contribution is 2.42. The first-order valence-electron chi connectivity index (χ1n) is 11.8. The second-order valence-corrected chi connectivity index (χ2v) is 9.41. The average Bonchev–Trinajstić information content (AvgIpc) is 3.21. The maximum absolute atomic E-state index is 13.2. The molecule has 0 bridgehead atoms. The zero-order chi connectivity index (χ0) is 26.3. The molecule has 9 nitrogen and oxygen atoms in total. The summed E-state index contributed by atoms with van der Waals surface area (Å²) >= 11 is 0. The maximum atomic E-state index is 13.2. The van der Waals surface area contributed by atoms with Crippen LogP contribution in [0.2, 0.25) is 11.0 Å². The number of morpholine rings is 1. The lowest BCUT2D eigenvalue weighted by molar-refractivity contribution is -0.143. The second-order valence-electron chi connectivity index (χ2n) is 9.41. The van der Waals surface area contributed by atoms with Gasteiger partial charge in [0.05, 0.1) is 36.7 Å². The first-order valence-corrected chi connectivity index (χ1v) is 11.8. The van der Waals surface area contributed by atoms with Crippen molar-refractivity contribution in [1.29, 1.82) is 0 Å². The van der Waals surface area contributed by atoms with Crippen LogP contribution in [0, 0.1) is 0 Å². The molecule has 6 radical (unpaired) electrons. The molecule has 4 amide bonds. The number of nitrogens with zero attached hydrogens (tertiary/aromatic N) is 2. The molecule has 2 atom stereocenters. The van der Waals surface area contributed by atoms with E-state index in [1.54, 1.807) is 23.1 Å². The van der Waals surface area contributed by atoms with E-state index < -0.39 is 34.8 Å². The fraction of sp³-hybridized carbons (Fsp3) is 0.360. The molecule has 0 aromatic heterocycles. The molecule has 2 fully saturated rings. The minimum Gasteiger partial charge on any atom is -0.489 e. The fourth-order valence-electron chi connectivity index (χ4n) is 4.73. The number of benzene rings is 2. The number of piperidine rings is 1. The predicted octanol–water partition coefficient (Wildman–Crippen LogP) is 0.0154. The topological polar surface area (TPSA) is 105 Å². The van der Waals surface area contributed by atoms with Crippen LogP contribution in [-0.4, -0.2) is 82.8 Å². The molecule has 0 spiro atoms. The Balaban J connectivity index is 1.27. The summed E-state index contributed by atoms with van der Waals surface area (Å²) in [5, 5.41) is 0.101. The number of hydrogen-bond acceptors (Lipinski definition) is 6. The Morgan fingerprint density at radius 3 is 2.51 bits per heavy atom. The van der Waals surface area contributed by atoms with Gasteiger partial charge in [-0.15, -0.1) is 0 Å². The fourth-order valence-corrected chi connectivity index (χ4v) is 4.73. The Bertz CT molecular complexity index is 1270. The van der Waals surface area contributed by atoms with Crippen molar-refractivity contribution in [3.8, 4) is 5.75 Å². The van der Waals surface area contributed by atoms with Gasteiger partial charge in [0.2, 0.25) is 17.7 Å². The van der Waals surface area contributed by atoms with Crippen LogP contribution in [0.1, 0.15) is 27.0 Å². The van der Waals surface area contributed by atoms with Crippen molar-refractivity contribution >= 4 is 47.2 Å². The van der Waals surface area contributed by atoms with E-state index >= 15 is 0 Å². The van der Waals surface area contributed by atoms with Crippen LogP contribution >= 0.6 is 0 Å². The van der Waals surface area contributed by atoms with E-state index in [-0.39, 0.29) is 25.7 Å². The minimum absolute atomic E-state index is 0.0259. The molecule has 37 heavy (non-hydrogen) atoms. The molecule has 12 heteroatoms. The largest absolute Gasteiger partial charge is 0.489 e. The Morgan fingerprint density at radius 2 is 1.78 bits per heavy atom. The van der Waals surface area contributed by atoms with Crippen molar-refractivity contribution in [2.75, 3.05) is 19.8 Å². The molecule has 2 aromatic carbocycles. The second kappa shape index (κ2) is 9.74. The molecule has 2 unspecified atom stereocenters. The van der Waals surface area contributed by atoms with E-state index in [2.05, 4.69) is 5.32 Å². The third-order valence-electron chi connectivity index (χ3n) is 6.95. The SMILES string of the molecule is [B]C1C(N2Cc3c(OCc4ccc(CN5CCOCC5=O)cc4)cccc3C2=O)C(=O)NC(=O)C1([B])[B]. The number of rotatable bonds is 6. The van der Waals surface area contributed by atoms with Gasteiger partial charge in [-0.2, -0.15) is 0 Å². The summed E-state index contributed by atoms with van der Waals surface area (Å²) in [5.74, 6) is -2.87. The van der Waals surface area contributed by atoms with Gasteiger partial charge in [-0.1, -0.05) is 30.3 Å². The van der Waals surface area contributed by atoms with Crippen LogP contribution in [-0.2, 0) is 38.8 Å². The summed E-state index contributed by atoms with van der Waals surface area (Å²) in [6.07, 6.45) is 0. The van der Waals surface area contributed by atoms with Crippen LogP contribution < -0.4 is 10.1 Å². The highest BCUT2D eigenvalue weighted by molar-refractivity contribution is 6.56. The Labute approximate surface area is 218 Å². The van der Waals surface area contributed by atoms with Crippen molar-refractivity contribution in [2.24, 2.45) is 0 Å². The van der Waals surface area contributed by atoms with Crippen LogP contribution in [0.3, 0.4) is 0 Å². The molecular formula is C25H22B3N3O6. The zero-order valence-electron chi connectivity index (χ0n) is 20.0. The number of ether oxygens (including phenoxy) is 2. The van der Waals surface area contributed by atoms with Gasteiger partial charge in [-0.25, -0.2) is 0 Å². The van der Waals surface area contributed by atoms with E-state index in [0.29, 0.717) is 36.6 Å². The molecule has 5 rings (SSSR count). The predicted molar refractivity (Wildman–Crippen MR) is 134 cm³/mol. The van der Waals surface area contributed by atoms with Crippen LogP contribution in [0.15, 0.2) is 42.5 Å². The normalized spacial score (nSPS) is 23.1. The molecule has 3 aliphatic heterocycles. The lowest BCUT2D eigenvalue weighted by Crippen LogP contribution is -2.61. The van der Waals surface area contributed by atoms with Crippen molar-refractivity contribution in [2.45, 2.75) is 36.8 Å². The summed E-state index contributed by atoms with van der Waals surface area (Å²) in [6, 6.07) is 11.6. The molecule has 2 saturated heterocycles. The number of hydrogen-bond donors (Lipinski definition) is 1. The average molecular weight is 493 g/mol. The molecule has 3 aliphatic rings. The third-order valence-corrected chi connectivity index (χ3v) is 6.95. The lowest BCUT2D eigenvalue weighted by Gasteiger charge is -2.44. The highest BCUT2D eigenvalue weighted by Gasteiger charge is 2.50. The number of imide groups is 1. The van der Waals surface area contributed by atoms with Crippen LogP contribution in [0.4, 0.5) is 0 Å². The van der Waals surface area contributed by atoms with E-state index in [9.17, 15) is 19.2 Å². The third kappa shape index (κ3) is 4.66. The van der Waals surface area contributed by atoms with E-state index in [4.69, 9.17) is 33.0 Å². The van der Waals surface area contributed by atoms with E-state index in [1.807, 2.05) is 24.3 Å². The van der Waals surface area contributed by atoms with Crippen LogP contribution in [0.5, 0.6) is 5.75 Å². The quantitative estimate of drug-likeness (QED) is 0.450. The number of fused-ring (bicyclic) bond motifs is 1. The minimum atomic E-state index is -2.01. The number of carbonyl (C=O) groups is 4. The number of nitrogens with one attached hydrogen (secondary N) is 1. The van der Waals surface area contributed by atoms with Crippen LogP contribution in [0.25, 0.3) is 0 Å². The molecule has 182 valence electrons. The monoisotopic (exact) mass is 493 g/mol. The number of carbonyl (C=O) groups excluding carboxylic acids is 4. The van der Waals surface area contributed by atoms with Gasteiger partial charge in [-0.05, 0) is 34.3 Å². The van der Waals surface area contributed by atoms with Crippen molar-refractivity contribution in [3.63, 3.8) is 0 Å². The van der Waals surface area contributed by atoms with E-state index in [1.165, 1.54) is 4.90 Å². The Morgan fingerprint density at radius 1 is 1.05 bits per heavy atom. The summed E-state index contributed by atoms with van der Waals surface area (Å²) in [6.45, 7) is 2.03. The Hall–Kier alpha value is -3.53. The summed E-state index contributed by atoms with van der Waals surface area (Å²) in [5.41, 5.74) is 2.88. The molecule has 0 saturated carbocycles. The smallest absolute Gasteiger partial charge is 0.255 e. The molecule has 0 aliphatic carbocycles. The standard InChI is InChI=1S/C25H22B3N3O6/c26-21-20(22(33)29-24(35)25(21,27)28)31-11-17-16(23(31)34)2-1-3-18(17)37-12-15-6-4-14(5-7-15)10-30-8-9-36-13-19(30)32/h1-7,20-21H,8-13H2,(H,29,33,35). The maximum Gasteiger partial charge on any atom is 0.255 e. The molecule has 1 N–H and O–H groups in total. The first kappa shape index (κ1) is 25.1. The first-order chi connectivity index (χ1) is 17.7. The van der Waals surface area contributed by atoms with Gasteiger partial charge < -0.3 is 19.3 Å². The summed E-state index contributed by atoms with van der Waals surface area (Å²) in [4.78, 5) is 52.7. The summed E-state index contributed by atoms with van der Waals surface area (Å²) in [7, 11) is 17.8. The van der Waals surface area contributed by atoms with Gasteiger partial charge in [-0.3, -0.25) is 24.5 Å². The zero-order valence-corrected chi connectivity index (χ0v) is 20.0. The van der Waals surface area contributed by atoms with Crippen molar-refractivity contribution < 1.29 is 28.7 Å². The van der Waals surface area contributed by atoms with Gasteiger partial charge in [0.1, 0.15) is 25.0 Å². The molecule has 3 heterocycles. The van der Waals surface area contributed by atoms with Gasteiger partial charge in [0.25, 0.3) is 5.91 Å². The summed E-state index contributed by atoms with van der Waals surface area (Å²) < 4.78 is 11.2. The molecular weight excluding hydrogens is 471 g/mol. The van der Waals surface area contributed by atoms with Gasteiger partial charge in [0, 0.05) is 24.2 Å². The molecule has 2 aromatic rings. The van der Waals surface area contributed by atoms with E-state index in [0.717, 1.165) is 11.1 Å². The van der Waals surface area contributed by atoms with Gasteiger partial charge in [0.15, 0.2) is 0 Å². The van der Waals surface area contributed by atoms with Crippen molar-refractivity contribution in [1.82, 2.24) is 15.1 Å². The number of amides is 4. The van der Waals surface area contributed by atoms with Crippen molar-refractivity contribution in [3.05, 3.63) is 64.7 Å². The lowest BCUT2D eigenvalue weighted by atomic mass is 9.40.